The van der Waals surface area contributed by atoms with Crippen molar-refractivity contribution in [2.75, 3.05) is 37.5 Å². The lowest BCUT2D eigenvalue weighted by Gasteiger charge is -2.22. The van der Waals surface area contributed by atoms with Crippen molar-refractivity contribution in [2.45, 2.75) is 19.4 Å². The molecule has 0 radical (unpaired) electrons. The van der Waals surface area contributed by atoms with Gasteiger partial charge >= 0.3 is 6.09 Å². The molecule has 2 aromatic heterocycles. The molecule has 11 heteroatoms. The lowest BCUT2D eigenvalue weighted by atomic mass is 10.2. The molecule has 1 saturated heterocycles. The molecule has 0 aliphatic carbocycles. The third kappa shape index (κ3) is 4.06. The molecule has 3 heterocycles. The van der Waals surface area contributed by atoms with Crippen LogP contribution in [-0.2, 0) is 0 Å². The summed E-state index contributed by atoms with van der Waals surface area (Å²) in [6.07, 6.45) is 2.66. The van der Waals surface area contributed by atoms with E-state index in [1.165, 1.54) is 24.4 Å². The molecule has 162 valence electrons. The largest absolute Gasteiger partial charge is 0.494 e. The SMILES string of the molecule is COc1cc(NC(=O)c2cnc(N3CC[C@@H](N(C)C(=O)O)C3)cn2)cc2oc(C)nc12. The van der Waals surface area contributed by atoms with Crippen LogP contribution in [0.1, 0.15) is 22.8 Å². The van der Waals surface area contributed by atoms with E-state index in [9.17, 15) is 9.59 Å². The predicted molar refractivity (Wildman–Crippen MR) is 112 cm³/mol. The van der Waals surface area contributed by atoms with Crippen LogP contribution >= 0.6 is 0 Å². The molecule has 0 saturated carbocycles. The third-order valence-electron chi connectivity index (χ3n) is 5.25. The number of aromatic nitrogens is 3. The number of likely N-dealkylation sites (N-methyl/N-ethyl adjacent to an activating group) is 1. The lowest BCUT2D eigenvalue weighted by Crippen LogP contribution is -2.38. The monoisotopic (exact) mass is 426 g/mol. The van der Waals surface area contributed by atoms with E-state index in [0.29, 0.717) is 53.8 Å². The Hall–Kier alpha value is -3.89. The Labute approximate surface area is 177 Å². The molecular weight excluding hydrogens is 404 g/mol. The number of hydrogen-bond donors (Lipinski definition) is 2. The van der Waals surface area contributed by atoms with Gasteiger partial charge in [0.25, 0.3) is 5.91 Å². The highest BCUT2D eigenvalue weighted by Gasteiger charge is 2.29. The summed E-state index contributed by atoms with van der Waals surface area (Å²) < 4.78 is 10.9. The first-order chi connectivity index (χ1) is 14.9. The van der Waals surface area contributed by atoms with Gasteiger partial charge in [0, 0.05) is 44.9 Å². The van der Waals surface area contributed by atoms with E-state index in [2.05, 4.69) is 20.3 Å². The quantitative estimate of drug-likeness (QED) is 0.630. The second-order valence-corrected chi connectivity index (χ2v) is 7.25. The average Bonchev–Trinajstić information content (AvgIpc) is 3.39. The number of methoxy groups -OCH3 is 1. The van der Waals surface area contributed by atoms with Crippen molar-refractivity contribution in [3.63, 3.8) is 0 Å². The van der Waals surface area contributed by atoms with E-state index in [-0.39, 0.29) is 11.7 Å². The summed E-state index contributed by atoms with van der Waals surface area (Å²) in [5, 5.41) is 11.9. The van der Waals surface area contributed by atoms with E-state index < -0.39 is 12.0 Å². The summed E-state index contributed by atoms with van der Waals surface area (Å²) in [6, 6.07) is 3.22. The maximum absolute atomic E-state index is 12.6. The second kappa shape index (κ2) is 8.09. The number of carboxylic acid groups (broad SMARTS) is 1. The van der Waals surface area contributed by atoms with Crippen molar-refractivity contribution in [1.29, 1.82) is 0 Å². The Morgan fingerprint density at radius 3 is 2.81 bits per heavy atom. The number of carbonyl (C=O) groups is 2. The number of nitrogens with one attached hydrogen (secondary N) is 1. The topological polar surface area (TPSA) is 134 Å². The Morgan fingerprint density at radius 1 is 1.32 bits per heavy atom. The summed E-state index contributed by atoms with van der Waals surface area (Å²) in [4.78, 5) is 39.8. The van der Waals surface area contributed by atoms with Gasteiger partial charge in [0.2, 0.25) is 0 Å². The minimum Gasteiger partial charge on any atom is -0.494 e. The molecular formula is C20H22N6O5. The Morgan fingerprint density at radius 2 is 2.13 bits per heavy atom. The number of carbonyl (C=O) groups excluding carboxylic acids is 1. The number of ether oxygens (including phenoxy) is 1. The number of amides is 2. The van der Waals surface area contributed by atoms with Crippen LogP contribution in [0.3, 0.4) is 0 Å². The van der Waals surface area contributed by atoms with Crippen LogP contribution in [-0.4, -0.2) is 70.2 Å². The number of oxazole rings is 1. The van der Waals surface area contributed by atoms with Crippen molar-refractivity contribution >= 4 is 34.6 Å². The van der Waals surface area contributed by atoms with Gasteiger partial charge in [-0.15, -0.1) is 0 Å². The fourth-order valence-electron chi connectivity index (χ4n) is 3.56. The zero-order valence-corrected chi connectivity index (χ0v) is 17.3. The molecule has 11 nitrogen and oxygen atoms in total. The zero-order valence-electron chi connectivity index (χ0n) is 17.3. The van der Waals surface area contributed by atoms with Gasteiger partial charge in [-0.25, -0.2) is 19.7 Å². The molecule has 3 aromatic rings. The molecule has 1 fully saturated rings. The van der Waals surface area contributed by atoms with Crippen LogP contribution in [0.5, 0.6) is 5.75 Å². The van der Waals surface area contributed by atoms with Gasteiger partial charge in [0.05, 0.1) is 25.5 Å². The van der Waals surface area contributed by atoms with Crippen LogP contribution in [0.25, 0.3) is 11.1 Å². The molecule has 1 aliphatic rings. The van der Waals surface area contributed by atoms with Gasteiger partial charge in [-0.2, -0.15) is 0 Å². The van der Waals surface area contributed by atoms with Crippen LogP contribution in [0.15, 0.2) is 28.9 Å². The van der Waals surface area contributed by atoms with Crippen LogP contribution in [0.2, 0.25) is 0 Å². The van der Waals surface area contributed by atoms with Crippen LogP contribution in [0, 0.1) is 6.92 Å². The lowest BCUT2D eigenvalue weighted by molar-refractivity contribution is 0.102. The van der Waals surface area contributed by atoms with Gasteiger partial charge in [0.15, 0.2) is 22.7 Å². The summed E-state index contributed by atoms with van der Waals surface area (Å²) >= 11 is 0. The fraction of sp³-hybridized carbons (Fsp3) is 0.350. The molecule has 2 amide bonds. The van der Waals surface area contributed by atoms with Crippen molar-refractivity contribution in [3.8, 4) is 5.75 Å². The number of aryl methyl sites for hydroxylation is 1. The van der Waals surface area contributed by atoms with Crippen LogP contribution < -0.4 is 15.0 Å². The Kier molecular flexibility index (Phi) is 5.32. The average molecular weight is 426 g/mol. The second-order valence-electron chi connectivity index (χ2n) is 7.25. The van der Waals surface area contributed by atoms with Gasteiger partial charge in [0.1, 0.15) is 11.5 Å². The number of benzene rings is 1. The first-order valence-corrected chi connectivity index (χ1v) is 9.65. The normalized spacial score (nSPS) is 15.8. The third-order valence-corrected chi connectivity index (χ3v) is 5.25. The van der Waals surface area contributed by atoms with Crippen molar-refractivity contribution in [2.24, 2.45) is 0 Å². The van der Waals surface area contributed by atoms with Gasteiger partial charge < -0.3 is 29.4 Å². The van der Waals surface area contributed by atoms with E-state index in [0.717, 1.165) is 0 Å². The summed E-state index contributed by atoms with van der Waals surface area (Å²) in [5.41, 5.74) is 1.72. The number of hydrogen-bond acceptors (Lipinski definition) is 8. The first kappa shape index (κ1) is 20.4. The Balaban J connectivity index is 1.46. The summed E-state index contributed by atoms with van der Waals surface area (Å²) in [6.45, 7) is 2.93. The minimum atomic E-state index is -0.958. The maximum Gasteiger partial charge on any atom is 0.407 e. The molecule has 0 spiro atoms. The molecule has 4 rings (SSSR count). The molecule has 0 unspecified atom stereocenters. The van der Waals surface area contributed by atoms with Gasteiger partial charge in [-0.05, 0) is 6.42 Å². The van der Waals surface area contributed by atoms with Crippen LogP contribution in [0.4, 0.5) is 16.3 Å². The zero-order chi connectivity index (χ0) is 22.1. The van der Waals surface area contributed by atoms with E-state index in [1.54, 1.807) is 26.1 Å². The van der Waals surface area contributed by atoms with Crippen molar-refractivity contribution in [1.82, 2.24) is 19.9 Å². The maximum atomic E-state index is 12.6. The number of fused-ring (bicyclic) bond motifs is 1. The number of rotatable bonds is 5. The summed E-state index contributed by atoms with van der Waals surface area (Å²) in [5.74, 6) is 1.15. The van der Waals surface area contributed by atoms with Crippen molar-refractivity contribution < 1.29 is 23.8 Å². The molecule has 1 atom stereocenters. The van der Waals surface area contributed by atoms with E-state index >= 15 is 0 Å². The Bertz CT molecular complexity index is 1130. The van der Waals surface area contributed by atoms with Crippen molar-refractivity contribution in [3.05, 3.63) is 36.1 Å². The van der Waals surface area contributed by atoms with Gasteiger partial charge in [-0.1, -0.05) is 0 Å². The number of anilines is 2. The highest BCUT2D eigenvalue weighted by atomic mass is 16.5. The minimum absolute atomic E-state index is 0.105. The van der Waals surface area contributed by atoms with E-state index in [1.807, 2.05) is 4.90 Å². The predicted octanol–water partition coefficient (Wildman–Crippen LogP) is 2.38. The van der Waals surface area contributed by atoms with Gasteiger partial charge in [-0.3, -0.25) is 4.79 Å². The molecule has 1 aromatic carbocycles. The molecule has 2 N–H and O–H groups in total. The molecule has 0 bridgehead atoms. The smallest absolute Gasteiger partial charge is 0.407 e. The highest BCUT2D eigenvalue weighted by molar-refractivity contribution is 6.03. The summed E-state index contributed by atoms with van der Waals surface area (Å²) in [7, 11) is 3.08. The number of nitrogens with zero attached hydrogens (tertiary/aromatic N) is 5. The molecule has 1 aliphatic heterocycles. The molecule has 31 heavy (non-hydrogen) atoms. The highest BCUT2D eigenvalue weighted by Crippen LogP contribution is 2.30. The van der Waals surface area contributed by atoms with E-state index in [4.69, 9.17) is 14.3 Å². The fourth-order valence-corrected chi connectivity index (χ4v) is 3.56. The standard InChI is InChI=1S/C20H22N6O5/c1-11-23-18-15(30-3)6-12(7-16(18)31-11)24-19(27)14-8-22-17(9-21-14)26-5-4-13(10-26)25(2)20(28)29/h6-9,13H,4-5,10H2,1-3H3,(H,24,27)(H,28,29)/t13-/m1/s1. The first-order valence-electron chi connectivity index (χ1n) is 9.65.